The number of aliphatic hydroxyl groups excluding tert-OH is 1. The molecule has 2 atom stereocenters. The predicted molar refractivity (Wildman–Crippen MR) is 94.5 cm³/mol. The van der Waals surface area contributed by atoms with Crippen molar-refractivity contribution in [2.24, 2.45) is 0 Å². The number of aliphatic hydroxyl groups is 1. The average Bonchev–Trinajstić information content (AvgIpc) is 2.55. The van der Waals surface area contributed by atoms with Gasteiger partial charge in [0.1, 0.15) is 5.75 Å². The maximum absolute atomic E-state index is 10.5. The van der Waals surface area contributed by atoms with Crippen LogP contribution in [0.5, 0.6) is 5.75 Å². The van der Waals surface area contributed by atoms with E-state index >= 15 is 0 Å². The molecular weight excluding hydrogens is 286 g/mol. The fraction of sp³-hybridized carbons (Fsp3) is 0.400. The first-order chi connectivity index (χ1) is 11.0. The molecule has 0 radical (unpaired) electrons. The molecule has 2 aromatic rings. The summed E-state index contributed by atoms with van der Waals surface area (Å²) in [6.45, 7) is 6.88. The lowest BCUT2D eigenvalue weighted by Gasteiger charge is -2.29. The molecule has 0 fully saturated rings. The van der Waals surface area contributed by atoms with Gasteiger partial charge in [-0.25, -0.2) is 0 Å². The van der Waals surface area contributed by atoms with Crippen molar-refractivity contribution in [1.82, 2.24) is 4.90 Å². The van der Waals surface area contributed by atoms with Crippen LogP contribution in [-0.4, -0.2) is 29.2 Å². The highest BCUT2D eigenvalue weighted by Gasteiger charge is 2.20. The van der Waals surface area contributed by atoms with Gasteiger partial charge in [0.25, 0.3) is 0 Å². The fourth-order valence-corrected chi connectivity index (χ4v) is 2.55. The first-order valence-corrected chi connectivity index (χ1v) is 8.16. The number of nitrogens with zero attached hydrogens (tertiary/aromatic N) is 1. The minimum Gasteiger partial charge on any atom is -0.491 e. The second-order valence-corrected chi connectivity index (χ2v) is 6.32. The summed E-state index contributed by atoms with van der Waals surface area (Å²) in [7, 11) is 2.04. The third-order valence-corrected chi connectivity index (χ3v) is 4.02. The summed E-state index contributed by atoms with van der Waals surface area (Å²) in [4.78, 5) is 2.16. The first-order valence-electron chi connectivity index (χ1n) is 8.16. The Labute approximate surface area is 139 Å². The molecule has 0 amide bonds. The Morgan fingerprint density at radius 2 is 1.57 bits per heavy atom. The molecule has 0 heterocycles. The van der Waals surface area contributed by atoms with Crippen molar-refractivity contribution in [3.05, 3.63) is 65.7 Å². The Bertz CT molecular complexity index is 580. The van der Waals surface area contributed by atoms with Gasteiger partial charge in [-0.2, -0.15) is 0 Å². The van der Waals surface area contributed by atoms with Crippen LogP contribution >= 0.6 is 0 Å². The first kappa shape index (κ1) is 17.5. The maximum Gasteiger partial charge on any atom is 0.119 e. The highest BCUT2D eigenvalue weighted by atomic mass is 16.5. The molecule has 0 saturated carbocycles. The Balaban J connectivity index is 1.96. The van der Waals surface area contributed by atoms with Gasteiger partial charge in [0.05, 0.1) is 12.2 Å². The van der Waals surface area contributed by atoms with E-state index in [0.717, 1.165) is 17.9 Å². The van der Waals surface area contributed by atoms with Gasteiger partial charge >= 0.3 is 0 Å². The second kappa shape index (κ2) is 8.14. The highest BCUT2D eigenvalue weighted by Crippen LogP contribution is 2.22. The molecule has 0 bridgehead atoms. The largest absolute Gasteiger partial charge is 0.491 e. The molecule has 0 aliphatic carbocycles. The number of benzene rings is 2. The molecule has 2 rings (SSSR count). The minimum absolute atomic E-state index is 0.0315. The number of ether oxygens (including phenoxy) is 1. The quantitative estimate of drug-likeness (QED) is 0.838. The van der Waals surface area contributed by atoms with Crippen molar-refractivity contribution in [3.8, 4) is 5.75 Å². The second-order valence-electron chi connectivity index (χ2n) is 6.32. The molecule has 0 aliphatic rings. The number of hydrogen-bond acceptors (Lipinski definition) is 3. The van der Waals surface area contributed by atoms with Crippen molar-refractivity contribution in [1.29, 1.82) is 0 Å². The van der Waals surface area contributed by atoms with Crippen LogP contribution in [0.1, 0.15) is 38.0 Å². The highest BCUT2D eigenvalue weighted by molar-refractivity contribution is 5.27. The Morgan fingerprint density at radius 1 is 0.957 bits per heavy atom. The molecule has 0 aliphatic heterocycles. The van der Waals surface area contributed by atoms with Crippen LogP contribution in [0.2, 0.25) is 0 Å². The maximum atomic E-state index is 10.5. The molecular formula is C20H27NO2. The zero-order valence-electron chi connectivity index (χ0n) is 14.4. The van der Waals surface area contributed by atoms with Crippen LogP contribution in [-0.2, 0) is 6.54 Å². The summed E-state index contributed by atoms with van der Waals surface area (Å²) < 4.78 is 5.66. The standard InChI is InChI=1S/C20H27NO2/c1-15(2)23-19-12-10-17(11-13-19)14-21(4)16(3)20(22)18-8-6-5-7-9-18/h5-13,15-16,20,22H,14H2,1-4H3. The van der Waals surface area contributed by atoms with Gasteiger partial charge in [-0.15, -0.1) is 0 Å². The van der Waals surface area contributed by atoms with Gasteiger partial charge in [0.2, 0.25) is 0 Å². The smallest absolute Gasteiger partial charge is 0.119 e. The summed E-state index contributed by atoms with van der Waals surface area (Å²) >= 11 is 0. The van der Waals surface area contributed by atoms with Crippen LogP contribution in [0, 0.1) is 0 Å². The minimum atomic E-state index is -0.496. The molecule has 23 heavy (non-hydrogen) atoms. The van der Waals surface area contributed by atoms with E-state index in [9.17, 15) is 5.11 Å². The normalized spacial score (nSPS) is 14.0. The molecule has 0 aromatic heterocycles. The van der Waals surface area contributed by atoms with Crippen LogP contribution < -0.4 is 4.74 Å². The Morgan fingerprint density at radius 3 is 2.13 bits per heavy atom. The lowest BCUT2D eigenvalue weighted by molar-refractivity contribution is 0.0688. The average molecular weight is 313 g/mol. The van der Waals surface area contributed by atoms with E-state index < -0.39 is 6.10 Å². The van der Waals surface area contributed by atoms with E-state index in [-0.39, 0.29) is 12.1 Å². The summed E-state index contributed by atoms with van der Waals surface area (Å²) in [5, 5.41) is 10.5. The molecule has 1 N–H and O–H groups in total. The van der Waals surface area contributed by atoms with Gasteiger partial charge < -0.3 is 9.84 Å². The van der Waals surface area contributed by atoms with Crippen molar-refractivity contribution in [2.45, 2.75) is 45.6 Å². The van der Waals surface area contributed by atoms with Crippen LogP contribution in [0.3, 0.4) is 0 Å². The van der Waals surface area contributed by atoms with Gasteiger partial charge in [-0.1, -0.05) is 42.5 Å². The monoisotopic (exact) mass is 313 g/mol. The van der Waals surface area contributed by atoms with Gasteiger partial charge in [-0.05, 0) is 51.1 Å². The van der Waals surface area contributed by atoms with Crippen molar-refractivity contribution < 1.29 is 9.84 Å². The summed E-state index contributed by atoms with van der Waals surface area (Å²) in [6.07, 6.45) is -0.311. The van der Waals surface area contributed by atoms with Crippen molar-refractivity contribution in [2.75, 3.05) is 7.05 Å². The molecule has 0 saturated heterocycles. The fourth-order valence-electron chi connectivity index (χ4n) is 2.55. The van der Waals surface area contributed by atoms with Crippen molar-refractivity contribution >= 4 is 0 Å². The third kappa shape index (κ3) is 5.08. The molecule has 2 aromatic carbocycles. The zero-order chi connectivity index (χ0) is 16.8. The number of likely N-dealkylation sites (N-methyl/N-ethyl adjacent to an activating group) is 1. The molecule has 3 nitrogen and oxygen atoms in total. The van der Waals surface area contributed by atoms with Crippen LogP contribution in [0.15, 0.2) is 54.6 Å². The molecule has 124 valence electrons. The molecule has 2 unspecified atom stereocenters. The van der Waals surface area contributed by atoms with E-state index in [4.69, 9.17) is 4.74 Å². The van der Waals surface area contributed by atoms with E-state index in [1.54, 1.807) is 0 Å². The predicted octanol–water partition coefficient (Wildman–Crippen LogP) is 4.03. The third-order valence-electron chi connectivity index (χ3n) is 4.02. The lowest BCUT2D eigenvalue weighted by Crippen LogP contribution is -2.33. The van der Waals surface area contributed by atoms with Gasteiger partial charge in [0.15, 0.2) is 0 Å². The lowest BCUT2D eigenvalue weighted by atomic mass is 10.0. The van der Waals surface area contributed by atoms with E-state index in [2.05, 4.69) is 17.0 Å². The van der Waals surface area contributed by atoms with Gasteiger partial charge in [0, 0.05) is 12.6 Å². The zero-order valence-corrected chi connectivity index (χ0v) is 14.4. The van der Waals surface area contributed by atoms with Gasteiger partial charge in [-0.3, -0.25) is 4.90 Å². The SMILES string of the molecule is CC(C)Oc1ccc(CN(C)C(C)C(O)c2ccccc2)cc1. The van der Waals surface area contributed by atoms with Crippen molar-refractivity contribution in [3.63, 3.8) is 0 Å². The summed E-state index contributed by atoms with van der Waals surface area (Å²) in [5.41, 5.74) is 2.16. The summed E-state index contributed by atoms with van der Waals surface area (Å²) in [5.74, 6) is 0.892. The van der Waals surface area contributed by atoms with Crippen LogP contribution in [0.4, 0.5) is 0 Å². The van der Waals surface area contributed by atoms with E-state index in [1.807, 2.05) is 70.3 Å². The Hall–Kier alpha value is -1.84. The number of rotatable bonds is 7. The van der Waals surface area contributed by atoms with E-state index in [0.29, 0.717) is 0 Å². The van der Waals surface area contributed by atoms with Crippen LogP contribution in [0.25, 0.3) is 0 Å². The molecule has 0 spiro atoms. The number of hydrogen-bond donors (Lipinski definition) is 1. The topological polar surface area (TPSA) is 32.7 Å². The Kier molecular flexibility index (Phi) is 6.20. The summed E-state index contributed by atoms with van der Waals surface area (Å²) in [6, 6.07) is 18.0. The van der Waals surface area contributed by atoms with E-state index in [1.165, 1.54) is 5.56 Å². The molecule has 3 heteroatoms.